The largest absolute Gasteiger partial charge is 0.253 e. The lowest BCUT2D eigenvalue weighted by molar-refractivity contribution is 0.682. The molecular weight excluding hydrogens is 192 g/mol. The van der Waals surface area contributed by atoms with Crippen molar-refractivity contribution in [1.82, 2.24) is 0 Å². The van der Waals surface area contributed by atoms with Gasteiger partial charge in [0.15, 0.2) is 0 Å². The van der Waals surface area contributed by atoms with Gasteiger partial charge >= 0.3 is 0 Å². The molecule has 0 heterocycles. The van der Waals surface area contributed by atoms with Crippen LogP contribution in [-0.4, -0.2) is 9.46 Å². The molecule has 1 aliphatic rings. The van der Waals surface area contributed by atoms with Crippen LogP contribution in [0.15, 0.2) is 53.5 Å². The third kappa shape index (κ3) is 1.85. The van der Waals surface area contributed by atoms with Gasteiger partial charge in [0.25, 0.3) is 0 Å². The summed E-state index contributed by atoms with van der Waals surface area (Å²) in [7, 11) is -0.941. The van der Waals surface area contributed by atoms with Crippen molar-refractivity contribution in [2.45, 2.75) is 17.1 Å². The number of hydrogen-bond donors (Lipinski definition) is 0. The van der Waals surface area contributed by atoms with Crippen LogP contribution in [0, 0.1) is 6.92 Å². The normalized spacial score (nSPS) is 17.5. The molecule has 1 aromatic carbocycles. The molecule has 1 atom stereocenters. The summed E-state index contributed by atoms with van der Waals surface area (Å²) in [6, 6.07) is 7.86. The summed E-state index contributed by atoms with van der Waals surface area (Å²) in [5, 5.41) is 0.0534. The number of aryl methyl sites for hydroxylation is 1. The predicted molar refractivity (Wildman–Crippen MR) is 59.7 cm³/mol. The second kappa shape index (κ2) is 3.93. The van der Waals surface area contributed by atoms with Gasteiger partial charge < -0.3 is 0 Å². The van der Waals surface area contributed by atoms with Gasteiger partial charge in [-0.05, 0) is 19.1 Å². The van der Waals surface area contributed by atoms with Crippen LogP contribution in [0.25, 0.3) is 0 Å². The highest BCUT2D eigenvalue weighted by Crippen LogP contribution is 2.16. The van der Waals surface area contributed by atoms with Crippen molar-refractivity contribution in [3.8, 4) is 0 Å². The van der Waals surface area contributed by atoms with Crippen molar-refractivity contribution < 1.29 is 4.21 Å². The second-order valence-electron chi connectivity index (χ2n) is 3.34. The van der Waals surface area contributed by atoms with E-state index < -0.39 is 10.8 Å². The van der Waals surface area contributed by atoms with E-state index >= 15 is 0 Å². The molecule has 0 N–H and O–H groups in total. The molecule has 1 unspecified atom stereocenters. The van der Waals surface area contributed by atoms with Crippen LogP contribution in [-0.2, 0) is 10.8 Å². The minimum Gasteiger partial charge on any atom is -0.253 e. The van der Waals surface area contributed by atoms with Gasteiger partial charge in [-0.25, -0.2) is 0 Å². The van der Waals surface area contributed by atoms with E-state index in [9.17, 15) is 4.21 Å². The Balaban J connectivity index is 2.23. The third-order valence-electron chi connectivity index (χ3n) is 2.21. The molecule has 0 fully saturated rings. The smallest absolute Gasteiger partial charge is 0.0761 e. The van der Waals surface area contributed by atoms with Gasteiger partial charge in [-0.2, -0.15) is 0 Å². The van der Waals surface area contributed by atoms with Gasteiger partial charge in [-0.1, -0.05) is 42.0 Å². The first-order chi connectivity index (χ1) is 6.77. The maximum atomic E-state index is 12.0. The van der Waals surface area contributed by atoms with E-state index in [1.807, 2.05) is 55.5 Å². The highest BCUT2D eigenvalue weighted by molar-refractivity contribution is 7.86. The zero-order valence-corrected chi connectivity index (χ0v) is 8.83. The molecule has 2 heteroatoms. The Bertz CT molecular complexity index is 389. The summed E-state index contributed by atoms with van der Waals surface area (Å²) in [6.07, 6.45) is 7.82. The van der Waals surface area contributed by atoms with Crippen LogP contribution in [0.1, 0.15) is 5.56 Å². The molecule has 0 amide bonds. The van der Waals surface area contributed by atoms with Crippen LogP contribution < -0.4 is 0 Å². The van der Waals surface area contributed by atoms with Crippen molar-refractivity contribution in [2.24, 2.45) is 0 Å². The van der Waals surface area contributed by atoms with Gasteiger partial charge in [0, 0.05) is 4.90 Å². The topological polar surface area (TPSA) is 17.1 Å². The number of allylic oxidation sites excluding steroid dienone is 2. The number of benzene rings is 1. The first kappa shape index (κ1) is 9.41. The summed E-state index contributed by atoms with van der Waals surface area (Å²) in [5.74, 6) is 0. The first-order valence-corrected chi connectivity index (χ1v) is 5.81. The van der Waals surface area contributed by atoms with Crippen LogP contribution in [0.2, 0.25) is 0 Å². The fourth-order valence-electron chi connectivity index (χ4n) is 1.38. The standard InChI is InChI=1S/C12H12OS/c1-10-6-8-12(9-7-10)14(13)11-4-2-3-5-11/h2-9,11H,1H3. The highest BCUT2D eigenvalue weighted by Gasteiger charge is 2.13. The second-order valence-corrected chi connectivity index (χ2v) is 4.96. The Morgan fingerprint density at radius 1 is 1.07 bits per heavy atom. The van der Waals surface area contributed by atoms with E-state index in [1.165, 1.54) is 5.56 Å². The molecule has 0 saturated heterocycles. The Hall–Kier alpha value is -1.15. The van der Waals surface area contributed by atoms with Gasteiger partial charge in [-0.15, -0.1) is 0 Å². The van der Waals surface area contributed by atoms with Crippen molar-refractivity contribution in [3.63, 3.8) is 0 Å². The lowest BCUT2D eigenvalue weighted by atomic mass is 10.2. The third-order valence-corrected chi connectivity index (χ3v) is 3.76. The van der Waals surface area contributed by atoms with Crippen LogP contribution in [0.4, 0.5) is 0 Å². The minimum atomic E-state index is -0.941. The Labute approximate surface area is 86.6 Å². The Morgan fingerprint density at radius 3 is 2.21 bits per heavy atom. The molecule has 1 aliphatic carbocycles. The fraction of sp³-hybridized carbons (Fsp3) is 0.167. The van der Waals surface area contributed by atoms with E-state index in [1.54, 1.807) is 0 Å². The molecule has 0 spiro atoms. The van der Waals surface area contributed by atoms with E-state index in [4.69, 9.17) is 0 Å². The molecule has 0 aliphatic heterocycles. The summed E-state index contributed by atoms with van der Waals surface area (Å²) in [4.78, 5) is 0.900. The van der Waals surface area contributed by atoms with Gasteiger partial charge in [0.2, 0.25) is 0 Å². The molecule has 72 valence electrons. The monoisotopic (exact) mass is 204 g/mol. The van der Waals surface area contributed by atoms with Gasteiger partial charge in [0.05, 0.1) is 16.0 Å². The lowest BCUT2D eigenvalue weighted by Gasteiger charge is -2.05. The molecular formula is C12H12OS. The minimum absolute atomic E-state index is 0.0534. The highest BCUT2D eigenvalue weighted by atomic mass is 32.2. The van der Waals surface area contributed by atoms with Gasteiger partial charge in [-0.3, -0.25) is 4.21 Å². The van der Waals surface area contributed by atoms with Crippen LogP contribution >= 0.6 is 0 Å². The molecule has 1 aromatic rings. The molecule has 0 saturated carbocycles. The number of hydrogen-bond acceptors (Lipinski definition) is 1. The SMILES string of the molecule is Cc1ccc(S(=O)C2C=CC=C2)cc1. The summed E-state index contributed by atoms with van der Waals surface area (Å²) in [5.41, 5.74) is 1.20. The first-order valence-electron chi connectivity index (χ1n) is 4.59. The number of rotatable bonds is 2. The summed E-state index contributed by atoms with van der Waals surface area (Å²) < 4.78 is 12.0. The van der Waals surface area contributed by atoms with Crippen LogP contribution in [0.5, 0.6) is 0 Å². The van der Waals surface area contributed by atoms with Crippen molar-refractivity contribution >= 4 is 10.8 Å². The summed E-state index contributed by atoms with van der Waals surface area (Å²) >= 11 is 0. The van der Waals surface area contributed by atoms with Gasteiger partial charge in [0.1, 0.15) is 0 Å². The zero-order chi connectivity index (χ0) is 9.97. The molecule has 14 heavy (non-hydrogen) atoms. The zero-order valence-electron chi connectivity index (χ0n) is 8.01. The molecule has 1 nitrogen and oxygen atoms in total. The molecule has 0 aromatic heterocycles. The van der Waals surface area contributed by atoms with Crippen molar-refractivity contribution in [3.05, 3.63) is 54.1 Å². The quantitative estimate of drug-likeness (QED) is 0.723. The predicted octanol–water partition coefficient (Wildman–Crippen LogP) is 2.60. The van der Waals surface area contributed by atoms with E-state index in [2.05, 4.69) is 0 Å². The van der Waals surface area contributed by atoms with E-state index in [0.717, 1.165) is 4.90 Å². The van der Waals surface area contributed by atoms with Crippen molar-refractivity contribution in [2.75, 3.05) is 0 Å². The molecule has 0 bridgehead atoms. The average Bonchev–Trinajstić information content (AvgIpc) is 2.71. The van der Waals surface area contributed by atoms with Crippen molar-refractivity contribution in [1.29, 1.82) is 0 Å². The maximum Gasteiger partial charge on any atom is 0.0761 e. The maximum absolute atomic E-state index is 12.0. The van der Waals surface area contributed by atoms with E-state index in [-0.39, 0.29) is 5.25 Å². The summed E-state index contributed by atoms with van der Waals surface area (Å²) in [6.45, 7) is 2.03. The molecule has 2 rings (SSSR count). The van der Waals surface area contributed by atoms with Crippen LogP contribution in [0.3, 0.4) is 0 Å². The van der Waals surface area contributed by atoms with E-state index in [0.29, 0.717) is 0 Å². The Morgan fingerprint density at radius 2 is 1.64 bits per heavy atom. The fourth-order valence-corrected chi connectivity index (χ4v) is 2.57. The Kier molecular flexibility index (Phi) is 2.64. The molecule has 0 radical (unpaired) electrons. The lowest BCUT2D eigenvalue weighted by Crippen LogP contribution is -2.07. The average molecular weight is 204 g/mol.